The van der Waals surface area contributed by atoms with E-state index in [1.54, 1.807) is 6.33 Å². The molecule has 0 fully saturated rings. The second kappa shape index (κ2) is 4.76. The minimum absolute atomic E-state index is 0.165. The van der Waals surface area contributed by atoms with E-state index in [4.69, 9.17) is 5.73 Å². The van der Waals surface area contributed by atoms with Crippen LogP contribution in [0.25, 0.3) is 22.3 Å². The minimum atomic E-state index is -0.165. The lowest BCUT2D eigenvalue weighted by atomic mass is 10.0. The van der Waals surface area contributed by atoms with Crippen molar-refractivity contribution in [1.29, 1.82) is 0 Å². The van der Waals surface area contributed by atoms with Crippen LogP contribution in [0, 0.1) is 0 Å². The summed E-state index contributed by atoms with van der Waals surface area (Å²) in [5.41, 5.74) is 9.96. The summed E-state index contributed by atoms with van der Waals surface area (Å²) >= 11 is 0. The van der Waals surface area contributed by atoms with Crippen LogP contribution in [0.15, 0.2) is 30.7 Å². The van der Waals surface area contributed by atoms with Gasteiger partial charge in [0, 0.05) is 17.5 Å². The number of H-pyrrole nitrogens is 2. The number of hydrogen-bond acceptors (Lipinski definition) is 3. The van der Waals surface area contributed by atoms with Crippen LogP contribution in [0.1, 0.15) is 26.1 Å². The van der Waals surface area contributed by atoms with Crippen molar-refractivity contribution < 1.29 is 0 Å². The zero-order chi connectivity index (χ0) is 14.2. The van der Waals surface area contributed by atoms with Gasteiger partial charge in [-0.1, -0.05) is 6.07 Å². The van der Waals surface area contributed by atoms with E-state index in [1.807, 2.05) is 32.2 Å². The van der Waals surface area contributed by atoms with Crippen molar-refractivity contribution in [3.8, 4) is 11.3 Å². The fourth-order valence-corrected chi connectivity index (χ4v) is 2.18. The van der Waals surface area contributed by atoms with Crippen LogP contribution >= 0.6 is 0 Å². The van der Waals surface area contributed by atoms with Gasteiger partial charge in [-0.05, 0) is 32.4 Å². The van der Waals surface area contributed by atoms with Gasteiger partial charge in [-0.3, -0.25) is 0 Å². The molecule has 1 aromatic carbocycles. The molecule has 0 saturated carbocycles. The lowest BCUT2D eigenvalue weighted by molar-refractivity contribution is 0.472. The Bertz CT molecular complexity index is 717. The van der Waals surface area contributed by atoms with E-state index >= 15 is 0 Å². The Morgan fingerprint density at radius 2 is 2.10 bits per heavy atom. The Kier molecular flexibility index (Phi) is 3.06. The van der Waals surface area contributed by atoms with Crippen LogP contribution in [0.2, 0.25) is 0 Å². The number of imidazole rings is 2. The van der Waals surface area contributed by atoms with Crippen LogP contribution in [-0.2, 0) is 6.42 Å². The van der Waals surface area contributed by atoms with Gasteiger partial charge in [0.25, 0.3) is 0 Å². The van der Waals surface area contributed by atoms with Crippen molar-refractivity contribution in [3.05, 3.63) is 36.5 Å². The summed E-state index contributed by atoms with van der Waals surface area (Å²) in [6.45, 7) is 4.06. The Morgan fingerprint density at radius 3 is 2.90 bits per heavy atom. The molecule has 0 radical (unpaired) electrons. The third-order valence-electron chi connectivity index (χ3n) is 3.37. The lowest BCUT2D eigenvalue weighted by Crippen LogP contribution is -2.32. The molecule has 0 aliphatic rings. The van der Waals surface area contributed by atoms with E-state index in [0.29, 0.717) is 0 Å². The standard InChI is InChI=1S/C15H19N5/c1-15(2,16)6-5-14-17-8-13(20-14)10-3-4-11-12(7-10)19-9-18-11/h3-4,7-9H,5-6,16H2,1-2H3,(H,17,20)(H,18,19). The summed E-state index contributed by atoms with van der Waals surface area (Å²) in [6.07, 6.45) is 5.34. The molecule has 20 heavy (non-hydrogen) atoms. The number of aryl methyl sites for hydroxylation is 1. The van der Waals surface area contributed by atoms with Crippen molar-refractivity contribution >= 4 is 11.0 Å². The Labute approximate surface area is 117 Å². The van der Waals surface area contributed by atoms with Crippen molar-refractivity contribution in [2.45, 2.75) is 32.2 Å². The van der Waals surface area contributed by atoms with E-state index in [9.17, 15) is 0 Å². The number of aromatic nitrogens is 4. The Morgan fingerprint density at radius 1 is 1.25 bits per heavy atom. The van der Waals surface area contributed by atoms with Gasteiger partial charge in [-0.25, -0.2) is 9.97 Å². The number of nitrogens with zero attached hydrogens (tertiary/aromatic N) is 2. The molecular formula is C15H19N5. The summed E-state index contributed by atoms with van der Waals surface area (Å²) in [5, 5.41) is 0. The van der Waals surface area contributed by atoms with Gasteiger partial charge in [0.1, 0.15) is 5.82 Å². The van der Waals surface area contributed by atoms with Crippen molar-refractivity contribution in [2.75, 3.05) is 0 Å². The molecule has 0 aliphatic carbocycles. The highest BCUT2D eigenvalue weighted by atomic mass is 14.9. The molecule has 3 aromatic rings. The quantitative estimate of drug-likeness (QED) is 0.680. The fourth-order valence-electron chi connectivity index (χ4n) is 2.18. The predicted octanol–water partition coefficient (Wildman–Crippen LogP) is 2.62. The smallest absolute Gasteiger partial charge is 0.106 e. The number of benzene rings is 1. The number of rotatable bonds is 4. The first-order valence-corrected chi connectivity index (χ1v) is 6.77. The van der Waals surface area contributed by atoms with Gasteiger partial charge >= 0.3 is 0 Å². The highest BCUT2D eigenvalue weighted by Gasteiger charge is 2.12. The van der Waals surface area contributed by atoms with Crippen molar-refractivity contribution in [2.24, 2.45) is 5.73 Å². The highest BCUT2D eigenvalue weighted by molar-refractivity contribution is 5.80. The summed E-state index contributed by atoms with van der Waals surface area (Å²) in [4.78, 5) is 15.1. The normalized spacial score (nSPS) is 12.2. The zero-order valence-corrected chi connectivity index (χ0v) is 11.8. The first kappa shape index (κ1) is 12.9. The van der Waals surface area contributed by atoms with Gasteiger partial charge in [0.15, 0.2) is 0 Å². The van der Waals surface area contributed by atoms with Crippen molar-refractivity contribution in [1.82, 2.24) is 19.9 Å². The summed E-state index contributed by atoms with van der Waals surface area (Å²) in [7, 11) is 0. The molecule has 0 aliphatic heterocycles. The van der Waals surface area contributed by atoms with E-state index < -0.39 is 0 Å². The molecule has 2 heterocycles. The molecule has 5 nitrogen and oxygen atoms in total. The highest BCUT2D eigenvalue weighted by Crippen LogP contribution is 2.21. The maximum atomic E-state index is 6.00. The average Bonchev–Trinajstić information content (AvgIpc) is 3.03. The SMILES string of the molecule is CC(C)(N)CCc1ncc(-c2ccc3nc[nH]c3c2)[nH]1. The molecule has 0 atom stereocenters. The van der Waals surface area contributed by atoms with Gasteiger partial charge in [-0.2, -0.15) is 0 Å². The molecule has 3 rings (SSSR count). The molecule has 0 bridgehead atoms. The van der Waals surface area contributed by atoms with Crippen LogP contribution in [0.3, 0.4) is 0 Å². The van der Waals surface area contributed by atoms with Gasteiger partial charge in [0.2, 0.25) is 0 Å². The third kappa shape index (κ3) is 2.72. The van der Waals surface area contributed by atoms with Crippen LogP contribution in [0.5, 0.6) is 0 Å². The number of hydrogen-bond donors (Lipinski definition) is 3. The fraction of sp³-hybridized carbons (Fsp3) is 0.333. The van der Waals surface area contributed by atoms with Crippen LogP contribution < -0.4 is 5.73 Å². The molecular weight excluding hydrogens is 250 g/mol. The first-order valence-electron chi connectivity index (χ1n) is 6.77. The maximum absolute atomic E-state index is 6.00. The summed E-state index contributed by atoms with van der Waals surface area (Å²) < 4.78 is 0. The average molecular weight is 269 g/mol. The molecule has 2 aromatic heterocycles. The molecule has 0 amide bonds. The molecule has 0 unspecified atom stereocenters. The van der Waals surface area contributed by atoms with Crippen LogP contribution in [0.4, 0.5) is 0 Å². The summed E-state index contributed by atoms with van der Waals surface area (Å²) in [5.74, 6) is 0.975. The van der Waals surface area contributed by atoms with Gasteiger partial charge < -0.3 is 15.7 Å². The first-order chi connectivity index (χ1) is 9.51. The van der Waals surface area contributed by atoms with Crippen LogP contribution in [-0.4, -0.2) is 25.5 Å². The van der Waals surface area contributed by atoms with E-state index in [2.05, 4.69) is 26.0 Å². The topological polar surface area (TPSA) is 83.4 Å². The monoisotopic (exact) mass is 269 g/mol. The molecule has 4 N–H and O–H groups in total. The number of fused-ring (bicyclic) bond motifs is 1. The number of nitrogens with one attached hydrogen (secondary N) is 2. The van der Waals surface area contributed by atoms with E-state index in [1.165, 1.54) is 0 Å². The minimum Gasteiger partial charge on any atom is -0.345 e. The lowest BCUT2D eigenvalue weighted by Gasteiger charge is -2.16. The molecule has 0 saturated heterocycles. The predicted molar refractivity (Wildman–Crippen MR) is 80.3 cm³/mol. The number of aromatic amines is 2. The third-order valence-corrected chi connectivity index (χ3v) is 3.37. The molecule has 104 valence electrons. The summed E-state index contributed by atoms with van der Waals surface area (Å²) in [6, 6.07) is 6.13. The maximum Gasteiger partial charge on any atom is 0.106 e. The van der Waals surface area contributed by atoms with E-state index in [-0.39, 0.29) is 5.54 Å². The van der Waals surface area contributed by atoms with Crippen molar-refractivity contribution in [3.63, 3.8) is 0 Å². The second-order valence-electron chi connectivity index (χ2n) is 5.87. The van der Waals surface area contributed by atoms with E-state index in [0.717, 1.165) is 41.0 Å². The largest absolute Gasteiger partial charge is 0.345 e. The molecule has 0 spiro atoms. The van der Waals surface area contributed by atoms with Gasteiger partial charge in [0.05, 0.1) is 29.3 Å². The molecule has 5 heteroatoms. The Balaban J connectivity index is 1.82. The second-order valence-corrected chi connectivity index (χ2v) is 5.87. The van der Waals surface area contributed by atoms with Gasteiger partial charge in [-0.15, -0.1) is 0 Å². The zero-order valence-electron chi connectivity index (χ0n) is 11.8. The Hall–Kier alpha value is -2.14. The number of nitrogens with two attached hydrogens (primary N) is 1.